The number of fused-ring (bicyclic) bond motifs is 1. The molecule has 0 saturated heterocycles. The van der Waals surface area contributed by atoms with E-state index in [1.165, 1.54) is 5.56 Å². The summed E-state index contributed by atoms with van der Waals surface area (Å²) in [5.74, 6) is -0.0406. The fourth-order valence-corrected chi connectivity index (χ4v) is 2.47. The summed E-state index contributed by atoms with van der Waals surface area (Å²) >= 11 is 0. The summed E-state index contributed by atoms with van der Waals surface area (Å²) in [6.07, 6.45) is 4.66. The van der Waals surface area contributed by atoms with E-state index in [1.807, 2.05) is 42.1 Å². The smallest absolute Gasteiger partial charge is 0.251 e. The molecular formula is C15H18N4O. The van der Waals surface area contributed by atoms with E-state index in [-0.39, 0.29) is 11.9 Å². The molecule has 1 aromatic carbocycles. The predicted octanol–water partition coefficient (Wildman–Crippen LogP) is 1.67. The standard InChI is InChI=1S/C15H18N4O/c1-11(10-19-8-2-6-17-19)18-15(20)13-4-3-12-5-7-16-14(12)9-13/h2-4,6,8-9,11,16H,5,7,10H2,1H3,(H,18,20). The fourth-order valence-electron chi connectivity index (χ4n) is 2.47. The van der Waals surface area contributed by atoms with Crippen molar-refractivity contribution in [3.8, 4) is 0 Å². The highest BCUT2D eigenvalue weighted by molar-refractivity contribution is 5.95. The first kappa shape index (κ1) is 12.7. The minimum Gasteiger partial charge on any atom is -0.384 e. The van der Waals surface area contributed by atoms with Gasteiger partial charge in [-0.2, -0.15) is 5.10 Å². The van der Waals surface area contributed by atoms with Crippen LogP contribution in [0.4, 0.5) is 5.69 Å². The predicted molar refractivity (Wildman–Crippen MR) is 77.8 cm³/mol. The van der Waals surface area contributed by atoms with E-state index in [0.717, 1.165) is 18.7 Å². The molecule has 0 saturated carbocycles. The number of nitrogens with zero attached hydrogens (tertiary/aromatic N) is 2. The molecule has 1 atom stereocenters. The lowest BCUT2D eigenvalue weighted by atomic mass is 10.1. The lowest BCUT2D eigenvalue weighted by molar-refractivity contribution is 0.0936. The van der Waals surface area contributed by atoms with Gasteiger partial charge in [-0.15, -0.1) is 0 Å². The monoisotopic (exact) mass is 270 g/mol. The third-order valence-electron chi connectivity index (χ3n) is 3.48. The fraction of sp³-hybridized carbons (Fsp3) is 0.333. The quantitative estimate of drug-likeness (QED) is 0.888. The summed E-state index contributed by atoms with van der Waals surface area (Å²) in [6, 6.07) is 7.76. The van der Waals surface area contributed by atoms with Crippen molar-refractivity contribution in [1.82, 2.24) is 15.1 Å². The lowest BCUT2D eigenvalue weighted by Gasteiger charge is -2.14. The van der Waals surface area contributed by atoms with Gasteiger partial charge in [-0.1, -0.05) is 6.07 Å². The van der Waals surface area contributed by atoms with Crippen molar-refractivity contribution in [3.63, 3.8) is 0 Å². The van der Waals surface area contributed by atoms with Gasteiger partial charge < -0.3 is 10.6 Å². The molecule has 1 amide bonds. The molecule has 0 bridgehead atoms. The van der Waals surface area contributed by atoms with Crippen molar-refractivity contribution in [2.24, 2.45) is 0 Å². The second kappa shape index (κ2) is 5.36. The minimum absolute atomic E-state index is 0.0311. The number of rotatable bonds is 4. The number of carbonyl (C=O) groups is 1. The molecule has 0 fully saturated rings. The molecular weight excluding hydrogens is 252 g/mol. The molecule has 1 aliphatic heterocycles. The Kier molecular flexibility index (Phi) is 3.41. The molecule has 1 aliphatic rings. The van der Waals surface area contributed by atoms with E-state index < -0.39 is 0 Å². The molecule has 2 aromatic rings. The minimum atomic E-state index is -0.0406. The summed E-state index contributed by atoms with van der Waals surface area (Å²) in [5.41, 5.74) is 3.06. The topological polar surface area (TPSA) is 59.0 Å². The average Bonchev–Trinajstić information content (AvgIpc) is 3.07. The van der Waals surface area contributed by atoms with Crippen molar-refractivity contribution in [3.05, 3.63) is 47.8 Å². The SMILES string of the molecule is CC(Cn1cccn1)NC(=O)c1ccc2c(c1)NCC2. The van der Waals surface area contributed by atoms with Gasteiger partial charge in [0.15, 0.2) is 0 Å². The first-order valence-corrected chi connectivity index (χ1v) is 6.87. The first-order chi connectivity index (χ1) is 9.72. The number of hydrogen-bond donors (Lipinski definition) is 2. The average molecular weight is 270 g/mol. The van der Waals surface area contributed by atoms with Crippen LogP contribution in [-0.4, -0.2) is 28.3 Å². The second-order valence-corrected chi connectivity index (χ2v) is 5.15. The van der Waals surface area contributed by atoms with Gasteiger partial charge in [-0.05, 0) is 37.1 Å². The number of anilines is 1. The maximum Gasteiger partial charge on any atom is 0.251 e. The Morgan fingerprint density at radius 3 is 3.25 bits per heavy atom. The molecule has 20 heavy (non-hydrogen) atoms. The van der Waals surface area contributed by atoms with Crippen molar-refractivity contribution >= 4 is 11.6 Å². The van der Waals surface area contributed by atoms with E-state index in [4.69, 9.17) is 0 Å². The zero-order valence-electron chi connectivity index (χ0n) is 11.5. The number of carbonyl (C=O) groups excluding carboxylic acids is 1. The molecule has 2 heterocycles. The molecule has 5 nitrogen and oxygen atoms in total. The third kappa shape index (κ3) is 2.66. The Hall–Kier alpha value is -2.30. The summed E-state index contributed by atoms with van der Waals surface area (Å²) < 4.78 is 1.81. The van der Waals surface area contributed by atoms with Crippen molar-refractivity contribution < 1.29 is 4.79 Å². The third-order valence-corrected chi connectivity index (χ3v) is 3.48. The van der Waals surface area contributed by atoms with E-state index >= 15 is 0 Å². The molecule has 2 N–H and O–H groups in total. The molecule has 1 unspecified atom stereocenters. The van der Waals surface area contributed by atoms with E-state index in [9.17, 15) is 4.79 Å². The summed E-state index contributed by atoms with van der Waals surface area (Å²) in [7, 11) is 0. The molecule has 0 radical (unpaired) electrons. The van der Waals surface area contributed by atoms with Gasteiger partial charge in [-0.25, -0.2) is 0 Å². The van der Waals surface area contributed by atoms with E-state index in [2.05, 4.69) is 15.7 Å². The van der Waals surface area contributed by atoms with Crippen molar-refractivity contribution in [1.29, 1.82) is 0 Å². The highest BCUT2D eigenvalue weighted by Crippen LogP contribution is 2.23. The Labute approximate surface area is 118 Å². The largest absolute Gasteiger partial charge is 0.384 e. The van der Waals surface area contributed by atoms with Gasteiger partial charge in [0.25, 0.3) is 5.91 Å². The van der Waals surface area contributed by atoms with Crippen LogP contribution in [0.2, 0.25) is 0 Å². The zero-order valence-corrected chi connectivity index (χ0v) is 11.5. The molecule has 1 aromatic heterocycles. The van der Waals surface area contributed by atoms with E-state index in [1.54, 1.807) is 6.20 Å². The van der Waals surface area contributed by atoms with Crippen LogP contribution in [0.15, 0.2) is 36.7 Å². The summed E-state index contributed by atoms with van der Waals surface area (Å²) in [6.45, 7) is 3.60. The second-order valence-electron chi connectivity index (χ2n) is 5.15. The van der Waals surface area contributed by atoms with Crippen LogP contribution in [0.5, 0.6) is 0 Å². The van der Waals surface area contributed by atoms with Gasteiger partial charge in [-0.3, -0.25) is 9.48 Å². The Morgan fingerprint density at radius 2 is 2.45 bits per heavy atom. The van der Waals surface area contributed by atoms with Gasteiger partial charge in [0.2, 0.25) is 0 Å². The van der Waals surface area contributed by atoms with Crippen LogP contribution in [0.25, 0.3) is 0 Å². The Balaban J connectivity index is 1.64. The van der Waals surface area contributed by atoms with Crippen LogP contribution in [-0.2, 0) is 13.0 Å². The number of aromatic nitrogens is 2. The number of amides is 1. The number of hydrogen-bond acceptors (Lipinski definition) is 3. The van der Waals surface area contributed by atoms with Crippen LogP contribution >= 0.6 is 0 Å². The number of benzene rings is 1. The zero-order chi connectivity index (χ0) is 13.9. The van der Waals surface area contributed by atoms with Crippen LogP contribution in [0.3, 0.4) is 0 Å². The van der Waals surface area contributed by atoms with Gasteiger partial charge in [0, 0.05) is 36.2 Å². The molecule has 0 aliphatic carbocycles. The van der Waals surface area contributed by atoms with Crippen LogP contribution < -0.4 is 10.6 Å². The summed E-state index contributed by atoms with van der Waals surface area (Å²) in [5, 5.41) is 10.4. The molecule has 0 spiro atoms. The van der Waals surface area contributed by atoms with Gasteiger partial charge in [0.05, 0.1) is 6.54 Å². The van der Waals surface area contributed by atoms with Crippen molar-refractivity contribution in [2.75, 3.05) is 11.9 Å². The Morgan fingerprint density at radius 1 is 1.55 bits per heavy atom. The molecule has 104 valence electrons. The number of nitrogens with one attached hydrogen (secondary N) is 2. The molecule has 3 rings (SSSR count). The first-order valence-electron chi connectivity index (χ1n) is 6.87. The Bertz CT molecular complexity index is 606. The van der Waals surface area contributed by atoms with E-state index in [0.29, 0.717) is 12.1 Å². The maximum atomic E-state index is 12.2. The van der Waals surface area contributed by atoms with Crippen molar-refractivity contribution in [2.45, 2.75) is 25.9 Å². The van der Waals surface area contributed by atoms with Gasteiger partial charge in [0.1, 0.15) is 0 Å². The highest BCUT2D eigenvalue weighted by Gasteiger charge is 2.15. The maximum absolute atomic E-state index is 12.2. The van der Waals surface area contributed by atoms with Gasteiger partial charge >= 0.3 is 0 Å². The van der Waals surface area contributed by atoms with Crippen LogP contribution in [0, 0.1) is 0 Å². The summed E-state index contributed by atoms with van der Waals surface area (Å²) in [4.78, 5) is 12.2. The molecule has 5 heteroatoms. The highest BCUT2D eigenvalue weighted by atomic mass is 16.1. The van der Waals surface area contributed by atoms with Crippen LogP contribution in [0.1, 0.15) is 22.8 Å². The normalized spacial score (nSPS) is 14.4. The lowest BCUT2D eigenvalue weighted by Crippen LogP contribution is -2.35.